The molecule has 0 unspecified atom stereocenters. The van der Waals surface area contributed by atoms with Gasteiger partial charge >= 0.3 is 0 Å². The predicted octanol–water partition coefficient (Wildman–Crippen LogP) is 4.31. The standard InChI is InChI=1S/C16H17ClN2/c1-11-4-7-15-12(9-11)3-2-8-19(15)16-10-13(17)5-6-14(16)18/h4-7,9-10H,2-3,8,18H2,1H3. The zero-order valence-corrected chi connectivity index (χ0v) is 11.7. The van der Waals surface area contributed by atoms with Crippen LogP contribution in [0.5, 0.6) is 0 Å². The number of hydrogen-bond donors (Lipinski definition) is 1. The van der Waals surface area contributed by atoms with Gasteiger partial charge in [0.05, 0.1) is 11.4 Å². The second-order valence-corrected chi connectivity index (χ2v) is 5.53. The molecule has 0 fully saturated rings. The molecule has 0 spiro atoms. The highest BCUT2D eigenvalue weighted by molar-refractivity contribution is 6.31. The Labute approximate surface area is 118 Å². The Balaban J connectivity index is 2.11. The highest BCUT2D eigenvalue weighted by Crippen LogP contribution is 2.37. The van der Waals surface area contributed by atoms with Crippen molar-refractivity contribution in [2.24, 2.45) is 0 Å². The topological polar surface area (TPSA) is 29.3 Å². The molecule has 0 bridgehead atoms. The molecule has 3 heteroatoms. The van der Waals surface area contributed by atoms with Crippen molar-refractivity contribution in [3.8, 4) is 0 Å². The van der Waals surface area contributed by atoms with Gasteiger partial charge in [0.2, 0.25) is 0 Å². The Morgan fingerprint density at radius 3 is 2.79 bits per heavy atom. The van der Waals surface area contributed by atoms with E-state index in [1.54, 1.807) is 0 Å². The van der Waals surface area contributed by atoms with Gasteiger partial charge in [-0.15, -0.1) is 0 Å². The molecule has 2 aromatic rings. The third-order valence-electron chi connectivity index (χ3n) is 3.64. The van der Waals surface area contributed by atoms with Crippen molar-refractivity contribution in [1.82, 2.24) is 0 Å². The van der Waals surface area contributed by atoms with Gasteiger partial charge in [-0.1, -0.05) is 29.3 Å². The smallest absolute Gasteiger partial charge is 0.0659 e. The maximum atomic E-state index is 6.11. The van der Waals surface area contributed by atoms with Gasteiger partial charge in [0, 0.05) is 17.3 Å². The SMILES string of the molecule is Cc1ccc2c(c1)CCCN2c1cc(Cl)ccc1N. The fraction of sp³-hybridized carbons (Fsp3) is 0.250. The molecule has 0 aromatic heterocycles. The van der Waals surface area contributed by atoms with E-state index < -0.39 is 0 Å². The minimum atomic E-state index is 0.725. The summed E-state index contributed by atoms with van der Waals surface area (Å²) in [6.45, 7) is 3.12. The zero-order chi connectivity index (χ0) is 13.4. The second-order valence-electron chi connectivity index (χ2n) is 5.09. The van der Waals surface area contributed by atoms with Crippen LogP contribution in [0, 0.1) is 6.92 Å². The molecule has 2 aromatic carbocycles. The van der Waals surface area contributed by atoms with Crippen molar-refractivity contribution in [3.63, 3.8) is 0 Å². The first-order chi connectivity index (χ1) is 9.15. The minimum Gasteiger partial charge on any atom is -0.397 e. The van der Waals surface area contributed by atoms with E-state index in [-0.39, 0.29) is 0 Å². The molecule has 1 heterocycles. The quantitative estimate of drug-likeness (QED) is 0.784. The molecule has 0 amide bonds. The van der Waals surface area contributed by atoms with Gasteiger partial charge in [0.15, 0.2) is 0 Å². The van der Waals surface area contributed by atoms with Gasteiger partial charge in [-0.3, -0.25) is 0 Å². The van der Waals surface area contributed by atoms with Crippen LogP contribution >= 0.6 is 11.6 Å². The Hall–Kier alpha value is -1.67. The molecule has 0 radical (unpaired) electrons. The lowest BCUT2D eigenvalue weighted by Crippen LogP contribution is -2.25. The molecule has 0 atom stereocenters. The molecule has 19 heavy (non-hydrogen) atoms. The fourth-order valence-electron chi connectivity index (χ4n) is 2.73. The summed E-state index contributed by atoms with van der Waals surface area (Å²) in [5, 5.41) is 0.725. The van der Waals surface area contributed by atoms with E-state index in [1.165, 1.54) is 16.8 Å². The largest absolute Gasteiger partial charge is 0.397 e. The molecule has 98 valence electrons. The summed E-state index contributed by atoms with van der Waals surface area (Å²) in [5.41, 5.74) is 11.8. The molecular formula is C16H17ClN2. The Morgan fingerprint density at radius 2 is 1.95 bits per heavy atom. The van der Waals surface area contributed by atoms with Gasteiger partial charge in [0.25, 0.3) is 0 Å². The fourth-order valence-corrected chi connectivity index (χ4v) is 2.89. The summed E-state index contributed by atoms with van der Waals surface area (Å²) in [5.74, 6) is 0. The van der Waals surface area contributed by atoms with Gasteiger partial charge < -0.3 is 10.6 Å². The van der Waals surface area contributed by atoms with E-state index >= 15 is 0 Å². The average Bonchev–Trinajstić information content (AvgIpc) is 2.40. The Morgan fingerprint density at radius 1 is 1.11 bits per heavy atom. The highest BCUT2D eigenvalue weighted by atomic mass is 35.5. The summed E-state index contributed by atoms with van der Waals surface area (Å²) >= 11 is 6.11. The van der Waals surface area contributed by atoms with E-state index in [4.69, 9.17) is 17.3 Å². The first-order valence-corrected chi connectivity index (χ1v) is 6.95. The number of rotatable bonds is 1. The average molecular weight is 273 g/mol. The number of hydrogen-bond acceptors (Lipinski definition) is 2. The first kappa shape index (κ1) is 12.4. The normalized spacial score (nSPS) is 14.3. The molecule has 1 aliphatic rings. The number of fused-ring (bicyclic) bond motifs is 1. The van der Waals surface area contributed by atoms with E-state index in [0.717, 1.165) is 35.8 Å². The van der Waals surface area contributed by atoms with Crippen molar-refractivity contribution in [1.29, 1.82) is 0 Å². The van der Waals surface area contributed by atoms with Crippen LogP contribution in [0.15, 0.2) is 36.4 Å². The lowest BCUT2D eigenvalue weighted by atomic mass is 9.99. The van der Waals surface area contributed by atoms with Crippen LogP contribution in [-0.2, 0) is 6.42 Å². The molecule has 3 rings (SSSR count). The van der Waals surface area contributed by atoms with Crippen LogP contribution in [0.1, 0.15) is 17.5 Å². The predicted molar refractivity (Wildman–Crippen MR) is 82.4 cm³/mol. The summed E-state index contributed by atoms with van der Waals surface area (Å²) in [6, 6.07) is 12.3. The number of halogens is 1. The summed E-state index contributed by atoms with van der Waals surface area (Å²) in [6.07, 6.45) is 2.27. The summed E-state index contributed by atoms with van der Waals surface area (Å²) < 4.78 is 0. The molecule has 0 saturated carbocycles. The number of nitrogens with two attached hydrogens (primary N) is 1. The summed E-state index contributed by atoms with van der Waals surface area (Å²) in [7, 11) is 0. The van der Waals surface area contributed by atoms with Gasteiger partial charge in [-0.2, -0.15) is 0 Å². The lowest BCUT2D eigenvalue weighted by Gasteiger charge is -2.32. The number of aryl methyl sites for hydroxylation is 2. The van der Waals surface area contributed by atoms with Crippen LogP contribution in [0.4, 0.5) is 17.1 Å². The summed E-state index contributed by atoms with van der Waals surface area (Å²) in [4.78, 5) is 2.28. The minimum absolute atomic E-state index is 0.725. The van der Waals surface area contributed by atoms with Crippen molar-refractivity contribution >= 4 is 28.7 Å². The molecule has 1 aliphatic heterocycles. The van der Waals surface area contributed by atoms with Crippen molar-refractivity contribution in [2.75, 3.05) is 17.2 Å². The van der Waals surface area contributed by atoms with Gasteiger partial charge in [0.1, 0.15) is 0 Å². The van der Waals surface area contributed by atoms with Crippen LogP contribution in [-0.4, -0.2) is 6.54 Å². The van der Waals surface area contributed by atoms with E-state index in [9.17, 15) is 0 Å². The van der Waals surface area contributed by atoms with E-state index in [2.05, 4.69) is 30.0 Å². The van der Waals surface area contributed by atoms with Crippen LogP contribution < -0.4 is 10.6 Å². The second kappa shape index (κ2) is 4.78. The number of nitrogens with zero attached hydrogens (tertiary/aromatic N) is 1. The van der Waals surface area contributed by atoms with E-state index in [0.29, 0.717) is 0 Å². The van der Waals surface area contributed by atoms with Crippen molar-refractivity contribution < 1.29 is 0 Å². The third-order valence-corrected chi connectivity index (χ3v) is 3.87. The Kier molecular flexibility index (Phi) is 3.11. The number of benzene rings is 2. The highest BCUT2D eigenvalue weighted by Gasteiger charge is 2.20. The maximum absolute atomic E-state index is 6.11. The van der Waals surface area contributed by atoms with Gasteiger partial charge in [-0.25, -0.2) is 0 Å². The first-order valence-electron chi connectivity index (χ1n) is 6.57. The van der Waals surface area contributed by atoms with E-state index in [1.807, 2.05) is 18.2 Å². The van der Waals surface area contributed by atoms with Crippen LogP contribution in [0.25, 0.3) is 0 Å². The third kappa shape index (κ3) is 2.28. The number of anilines is 3. The monoisotopic (exact) mass is 272 g/mol. The van der Waals surface area contributed by atoms with Crippen molar-refractivity contribution in [3.05, 3.63) is 52.5 Å². The zero-order valence-electron chi connectivity index (χ0n) is 11.0. The number of nitrogen functional groups attached to an aromatic ring is 1. The van der Waals surface area contributed by atoms with Crippen LogP contribution in [0.2, 0.25) is 5.02 Å². The molecule has 0 aliphatic carbocycles. The van der Waals surface area contributed by atoms with Crippen LogP contribution in [0.3, 0.4) is 0 Å². The molecule has 2 nitrogen and oxygen atoms in total. The van der Waals surface area contributed by atoms with Crippen molar-refractivity contribution in [2.45, 2.75) is 19.8 Å². The Bertz CT molecular complexity index is 622. The lowest BCUT2D eigenvalue weighted by molar-refractivity contribution is 0.766. The molecular weight excluding hydrogens is 256 g/mol. The molecule has 2 N–H and O–H groups in total. The van der Waals surface area contributed by atoms with Gasteiger partial charge in [-0.05, 0) is 49.6 Å². The molecule has 0 saturated heterocycles. The maximum Gasteiger partial charge on any atom is 0.0659 e.